The van der Waals surface area contributed by atoms with Crippen molar-refractivity contribution in [3.8, 4) is 5.69 Å². The lowest BCUT2D eigenvalue weighted by atomic mass is 10.2. The summed E-state index contributed by atoms with van der Waals surface area (Å²) in [5.74, 6) is 0. The minimum absolute atomic E-state index is 0.208. The molecule has 1 aromatic heterocycles. The van der Waals surface area contributed by atoms with Crippen molar-refractivity contribution in [1.29, 1.82) is 0 Å². The van der Waals surface area contributed by atoms with Gasteiger partial charge < -0.3 is 0 Å². The highest BCUT2D eigenvalue weighted by Crippen LogP contribution is 2.23. The molecule has 0 spiro atoms. The highest BCUT2D eigenvalue weighted by atomic mass is 35.5. The van der Waals surface area contributed by atoms with Gasteiger partial charge in [-0.3, -0.25) is 0 Å². The van der Waals surface area contributed by atoms with Crippen molar-refractivity contribution in [2.24, 2.45) is 0 Å². The number of hydrogen-bond acceptors (Lipinski definition) is 3. The Bertz CT molecular complexity index is 1020. The van der Waals surface area contributed by atoms with Crippen LogP contribution in [-0.2, 0) is 16.6 Å². The molecule has 0 radical (unpaired) electrons. The number of hydrogen-bond donors (Lipinski definition) is 1. The third-order valence-electron chi connectivity index (χ3n) is 4.15. The van der Waals surface area contributed by atoms with E-state index in [9.17, 15) is 8.42 Å². The summed E-state index contributed by atoms with van der Waals surface area (Å²) < 4.78 is 29.9. The van der Waals surface area contributed by atoms with Gasteiger partial charge in [-0.05, 0) is 50.6 Å². The third-order valence-corrected chi connectivity index (χ3v) is 6.06. The van der Waals surface area contributed by atoms with E-state index in [1.807, 2.05) is 31.2 Å². The molecule has 0 aliphatic rings. The van der Waals surface area contributed by atoms with Crippen molar-refractivity contribution in [2.75, 3.05) is 0 Å². The van der Waals surface area contributed by atoms with Crippen LogP contribution in [-0.4, -0.2) is 18.2 Å². The highest BCUT2D eigenvalue weighted by molar-refractivity contribution is 7.89. The summed E-state index contributed by atoms with van der Waals surface area (Å²) in [7, 11) is -3.68. The summed E-state index contributed by atoms with van der Waals surface area (Å²) in [6.07, 6.45) is 0. The molecule has 0 atom stereocenters. The fourth-order valence-corrected chi connectivity index (χ4v) is 4.34. The molecule has 3 aromatic rings. The van der Waals surface area contributed by atoms with Crippen LogP contribution in [0.4, 0.5) is 0 Å². The summed E-state index contributed by atoms with van der Waals surface area (Å²) >= 11 is 5.92. The molecule has 136 valence electrons. The van der Waals surface area contributed by atoms with Gasteiger partial charge >= 0.3 is 0 Å². The van der Waals surface area contributed by atoms with Crippen LogP contribution in [0.1, 0.15) is 22.5 Å². The van der Waals surface area contributed by atoms with E-state index in [0.29, 0.717) is 16.4 Å². The van der Waals surface area contributed by atoms with Crippen molar-refractivity contribution in [3.63, 3.8) is 0 Å². The molecule has 1 N–H and O–H groups in total. The van der Waals surface area contributed by atoms with E-state index in [4.69, 9.17) is 11.6 Å². The highest BCUT2D eigenvalue weighted by Gasteiger charge is 2.24. The molecule has 0 unspecified atom stereocenters. The second-order valence-corrected chi connectivity index (χ2v) is 8.34. The van der Waals surface area contributed by atoms with E-state index in [1.54, 1.807) is 42.8 Å². The molecule has 0 fully saturated rings. The first-order valence-electron chi connectivity index (χ1n) is 8.15. The van der Waals surface area contributed by atoms with Gasteiger partial charge in [0.15, 0.2) is 0 Å². The zero-order chi connectivity index (χ0) is 18.9. The SMILES string of the molecule is Cc1ccc(CNS(=O)(=O)c2c(C)nn(-c3ccc(Cl)cc3)c2C)cc1. The van der Waals surface area contributed by atoms with E-state index in [-0.39, 0.29) is 11.4 Å². The third kappa shape index (κ3) is 3.82. The van der Waals surface area contributed by atoms with Crippen LogP contribution in [0.5, 0.6) is 0 Å². The monoisotopic (exact) mass is 389 g/mol. The fourth-order valence-electron chi connectivity index (χ4n) is 2.81. The van der Waals surface area contributed by atoms with Crippen LogP contribution in [0.3, 0.4) is 0 Å². The molecule has 0 saturated heterocycles. The van der Waals surface area contributed by atoms with Crippen LogP contribution < -0.4 is 4.72 Å². The van der Waals surface area contributed by atoms with E-state index >= 15 is 0 Å². The maximum Gasteiger partial charge on any atom is 0.244 e. The van der Waals surface area contributed by atoms with Gasteiger partial charge in [-0.15, -0.1) is 0 Å². The first-order valence-corrected chi connectivity index (χ1v) is 10.0. The number of nitrogens with one attached hydrogen (secondary N) is 1. The molecule has 0 aliphatic carbocycles. The number of sulfonamides is 1. The largest absolute Gasteiger partial charge is 0.244 e. The molecule has 26 heavy (non-hydrogen) atoms. The lowest BCUT2D eigenvalue weighted by Crippen LogP contribution is -2.24. The van der Waals surface area contributed by atoms with Crippen molar-refractivity contribution >= 4 is 21.6 Å². The topological polar surface area (TPSA) is 64.0 Å². The summed E-state index contributed by atoms with van der Waals surface area (Å²) in [6, 6.07) is 14.8. The average molecular weight is 390 g/mol. The number of aryl methyl sites for hydroxylation is 2. The van der Waals surface area contributed by atoms with Gasteiger partial charge in [0.25, 0.3) is 0 Å². The normalized spacial score (nSPS) is 11.7. The smallest absolute Gasteiger partial charge is 0.236 e. The van der Waals surface area contributed by atoms with E-state index in [2.05, 4.69) is 9.82 Å². The molecule has 7 heteroatoms. The van der Waals surface area contributed by atoms with Gasteiger partial charge in [-0.2, -0.15) is 5.10 Å². The molecular weight excluding hydrogens is 370 g/mol. The Labute approximate surface area is 158 Å². The summed E-state index contributed by atoms with van der Waals surface area (Å²) in [5.41, 5.74) is 3.80. The van der Waals surface area contributed by atoms with Crippen molar-refractivity contribution in [1.82, 2.24) is 14.5 Å². The molecule has 1 heterocycles. The molecule has 0 bridgehead atoms. The summed E-state index contributed by atoms with van der Waals surface area (Å²) in [5, 5.41) is 5.01. The summed E-state index contributed by atoms with van der Waals surface area (Å²) in [4.78, 5) is 0.208. The Morgan fingerprint density at radius 1 is 1.00 bits per heavy atom. The van der Waals surface area contributed by atoms with Gasteiger partial charge in [0.2, 0.25) is 10.0 Å². The Kier molecular flexibility index (Phi) is 5.18. The van der Waals surface area contributed by atoms with Crippen LogP contribution in [0.2, 0.25) is 5.02 Å². The molecule has 5 nitrogen and oxygen atoms in total. The molecule has 0 saturated carbocycles. The average Bonchev–Trinajstić information content (AvgIpc) is 2.90. The van der Waals surface area contributed by atoms with Gasteiger partial charge in [0, 0.05) is 11.6 Å². The first kappa shape index (κ1) is 18.6. The molecule has 0 amide bonds. The van der Waals surface area contributed by atoms with E-state index in [0.717, 1.165) is 16.8 Å². The lowest BCUT2D eigenvalue weighted by molar-refractivity contribution is 0.580. The second kappa shape index (κ2) is 7.23. The van der Waals surface area contributed by atoms with Crippen molar-refractivity contribution in [2.45, 2.75) is 32.2 Å². The van der Waals surface area contributed by atoms with Gasteiger partial charge in [-0.1, -0.05) is 41.4 Å². The number of rotatable bonds is 5. The Balaban J connectivity index is 1.90. The van der Waals surface area contributed by atoms with Crippen molar-refractivity contribution < 1.29 is 8.42 Å². The zero-order valence-electron chi connectivity index (χ0n) is 14.8. The van der Waals surface area contributed by atoms with Crippen LogP contribution in [0, 0.1) is 20.8 Å². The Morgan fingerprint density at radius 2 is 1.62 bits per heavy atom. The standard InChI is InChI=1S/C19H20ClN3O2S/c1-13-4-6-16(7-5-13)12-21-26(24,25)19-14(2)22-23(15(19)3)18-10-8-17(20)9-11-18/h4-11,21H,12H2,1-3H3. The first-order chi connectivity index (χ1) is 12.3. The van der Waals surface area contributed by atoms with E-state index in [1.165, 1.54) is 0 Å². The van der Waals surface area contributed by atoms with Gasteiger partial charge in [0.1, 0.15) is 4.90 Å². The second-order valence-electron chi connectivity index (χ2n) is 6.20. The van der Waals surface area contributed by atoms with Crippen LogP contribution >= 0.6 is 11.6 Å². The van der Waals surface area contributed by atoms with Crippen LogP contribution in [0.15, 0.2) is 53.4 Å². The molecule has 0 aliphatic heterocycles. The van der Waals surface area contributed by atoms with Crippen molar-refractivity contribution in [3.05, 3.63) is 76.1 Å². The number of nitrogens with zero attached hydrogens (tertiary/aromatic N) is 2. The predicted molar refractivity (Wildman–Crippen MR) is 103 cm³/mol. The Morgan fingerprint density at radius 3 is 2.23 bits per heavy atom. The van der Waals surface area contributed by atoms with Crippen LogP contribution in [0.25, 0.3) is 5.69 Å². The quantitative estimate of drug-likeness (QED) is 0.719. The number of halogens is 1. The molecule has 2 aromatic carbocycles. The maximum atomic E-state index is 12.8. The number of benzene rings is 2. The molecule has 3 rings (SSSR count). The van der Waals surface area contributed by atoms with Gasteiger partial charge in [0.05, 0.1) is 17.1 Å². The minimum Gasteiger partial charge on any atom is -0.236 e. The minimum atomic E-state index is -3.68. The van der Waals surface area contributed by atoms with Gasteiger partial charge in [-0.25, -0.2) is 17.8 Å². The molecular formula is C19H20ClN3O2S. The fraction of sp³-hybridized carbons (Fsp3) is 0.211. The predicted octanol–water partition coefficient (Wildman–Crippen LogP) is 3.93. The lowest BCUT2D eigenvalue weighted by Gasteiger charge is -2.08. The van der Waals surface area contributed by atoms with E-state index < -0.39 is 10.0 Å². The number of aromatic nitrogens is 2. The maximum absolute atomic E-state index is 12.8. The summed E-state index contributed by atoms with van der Waals surface area (Å²) in [6.45, 7) is 5.66. The Hall–Kier alpha value is -2.15. The zero-order valence-corrected chi connectivity index (χ0v) is 16.4.